The van der Waals surface area contributed by atoms with Gasteiger partial charge < -0.3 is 10.1 Å². The van der Waals surface area contributed by atoms with Crippen LogP contribution >= 0.6 is 11.8 Å². The number of para-hydroxylation sites is 1. The minimum absolute atomic E-state index is 0.0371. The molecule has 0 fully saturated rings. The number of anilines is 1. The maximum atomic E-state index is 13.4. The lowest BCUT2D eigenvalue weighted by Gasteiger charge is -2.31. The molecule has 31 heavy (non-hydrogen) atoms. The molecule has 1 aliphatic rings. The van der Waals surface area contributed by atoms with Crippen molar-refractivity contribution in [1.82, 2.24) is 0 Å². The molecule has 6 nitrogen and oxygen atoms in total. The topological polar surface area (TPSA) is 91.5 Å². The second-order valence-electron chi connectivity index (χ2n) is 7.12. The fourth-order valence-corrected chi connectivity index (χ4v) is 4.44. The summed E-state index contributed by atoms with van der Waals surface area (Å²) < 4.78 is 4.71. The van der Waals surface area contributed by atoms with Crippen molar-refractivity contribution < 1.29 is 14.3 Å². The van der Waals surface area contributed by atoms with Gasteiger partial charge in [-0.15, -0.1) is 0 Å². The number of carbonyl (C=O) groups excluding carboxylic acids is 2. The third-order valence-electron chi connectivity index (χ3n) is 5.12. The van der Waals surface area contributed by atoms with E-state index in [-0.39, 0.29) is 11.7 Å². The van der Waals surface area contributed by atoms with Crippen LogP contribution in [0.5, 0.6) is 0 Å². The minimum Gasteiger partial charge on any atom is -0.468 e. The van der Waals surface area contributed by atoms with Crippen LogP contribution in [0.25, 0.3) is 0 Å². The van der Waals surface area contributed by atoms with Gasteiger partial charge in [0.25, 0.3) is 0 Å². The van der Waals surface area contributed by atoms with Crippen molar-refractivity contribution in [3.63, 3.8) is 0 Å². The highest BCUT2D eigenvalue weighted by Gasteiger charge is 2.39. The van der Waals surface area contributed by atoms with Crippen LogP contribution in [0.15, 0.2) is 70.2 Å². The number of ether oxygens (including phenoxy) is 1. The maximum Gasteiger partial charge on any atom is 0.316 e. The number of esters is 1. The zero-order valence-electron chi connectivity index (χ0n) is 17.6. The third kappa shape index (κ3) is 5.04. The lowest BCUT2D eigenvalue weighted by Crippen LogP contribution is -2.36. The average Bonchev–Trinajstić information content (AvgIpc) is 2.78. The Bertz CT molecular complexity index is 1090. The summed E-state index contributed by atoms with van der Waals surface area (Å²) in [4.78, 5) is 29.6. The number of carbonyl (C=O) groups is 2. The van der Waals surface area contributed by atoms with Gasteiger partial charge in [0.1, 0.15) is 5.03 Å². The summed E-state index contributed by atoms with van der Waals surface area (Å²) in [6.07, 6.45) is 0. The molecule has 0 bridgehead atoms. The molecule has 0 saturated heterocycles. The Kier molecular flexibility index (Phi) is 7.27. The van der Waals surface area contributed by atoms with Gasteiger partial charge in [-0.2, -0.15) is 5.26 Å². The molecular formula is C24H23N3O3S. The van der Waals surface area contributed by atoms with Crippen LogP contribution in [-0.2, 0) is 14.3 Å². The second-order valence-corrected chi connectivity index (χ2v) is 8.08. The summed E-state index contributed by atoms with van der Waals surface area (Å²) in [7, 11) is 1.32. The minimum atomic E-state index is -0.654. The molecule has 0 saturated carbocycles. The molecular weight excluding hydrogens is 410 g/mol. The first-order valence-electron chi connectivity index (χ1n) is 9.76. The van der Waals surface area contributed by atoms with Crippen LogP contribution in [0.1, 0.15) is 24.0 Å². The zero-order chi connectivity index (χ0) is 22.4. The number of benzene rings is 2. The SMILES string of the molecule is COC(=O)CSC1=C(C#N)[C@H](c2ccccc2)C(C(=O)Nc2ccccc2C)C(C)=N1. The van der Waals surface area contributed by atoms with E-state index in [1.807, 2.05) is 61.5 Å². The lowest BCUT2D eigenvalue weighted by molar-refractivity contribution is -0.137. The van der Waals surface area contributed by atoms with E-state index in [9.17, 15) is 14.9 Å². The Balaban J connectivity index is 2.02. The first-order chi connectivity index (χ1) is 15.0. The highest BCUT2D eigenvalue weighted by molar-refractivity contribution is 8.03. The van der Waals surface area contributed by atoms with Gasteiger partial charge >= 0.3 is 5.97 Å². The number of aliphatic imine (C=N–C) groups is 1. The largest absolute Gasteiger partial charge is 0.468 e. The van der Waals surface area contributed by atoms with E-state index in [1.54, 1.807) is 6.92 Å². The first-order valence-corrected chi connectivity index (χ1v) is 10.7. The summed E-state index contributed by atoms with van der Waals surface area (Å²) in [5.74, 6) is -1.76. The summed E-state index contributed by atoms with van der Waals surface area (Å²) in [5, 5.41) is 13.4. The van der Waals surface area contributed by atoms with Crippen LogP contribution in [0.3, 0.4) is 0 Å². The Hall–Kier alpha value is -3.37. The number of amides is 1. The van der Waals surface area contributed by atoms with E-state index in [0.717, 1.165) is 28.6 Å². The smallest absolute Gasteiger partial charge is 0.316 e. The van der Waals surface area contributed by atoms with E-state index in [0.29, 0.717) is 16.3 Å². The quantitative estimate of drug-likeness (QED) is 0.680. The predicted octanol–water partition coefficient (Wildman–Crippen LogP) is 4.45. The van der Waals surface area contributed by atoms with Gasteiger partial charge in [0.15, 0.2) is 0 Å². The van der Waals surface area contributed by atoms with Crippen molar-refractivity contribution in [1.29, 1.82) is 5.26 Å². The molecule has 158 valence electrons. The van der Waals surface area contributed by atoms with Crippen LogP contribution in [0.2, 0.25) is 0 Å². The van der Waals surface area contributed by atoms with E-state index >= 15 is 0 Å². The standard InChI is InChI=1S/C24H23N3O3S/c1-15-9-7-8-12-19(15)27-23(29)21-16(2)26-24(31-14-20(28)30-3)18(13-25)22(21)17-10-5-4-6-11-17/h4-12,21-22H,14H2,1-3H3,(H,27,29)/t21?,22-/m0/s1. The monoisotopic (exact) mass is 433 g/mol. The van der Waals surface area contributed by atoms with E-state index in [1.165, 1.54) is 7.11 Å². The van der Waals surface area contributed by atoms with Gasteiger partial charge in [-0.3, -0.25) is 9.59 Å². The Morgan fingerprint density at radius 2 is 1.81 bits per heavy atom. The van der Waals surface area contributed by atoms with Crippen molar-refractivity contribution in [3.05, 3.63) is 76.3 Å². The highest BCUT2D eigenvalue weighted by atomic mass is 32.2. The summed E-state index contributed by atoms with van der Waals surface area (Å²) in [5.41, 5.74) is 3.47. The fourth-order valence-electron chi connectivity index (χ4n) is 3.53. The normalized spacial score (nSPS) is 18.1. The van der Waals surface area contributed by atoms with Gasteiger partial charge in [0.05, 0.1) is 30.4 Å². The number of nitriles is 1. The first kappa shape index (κ1) is 22.3. The molecule has 1 amide bonds. The number of aryl methyl sites for hydroxylation is 1. The zero-order valence-corrected chi connectivity index (χ0v) is 18.4. The second kappa shape index (κ2) is 10.1. The Morgan fingerprint density at radius 1 is 1.13 bits per heavy atom. The Morgan fingerprint density at radius 3 is 2.45 bits per heavy atom. The molecule has 0 aromatic heterocycles. The van der Waals surface area contributed by atoms with Crippen LogP contribution in [0.4, 0.5) is 5.69 Å². The van der Waals surface area contributed by atoms with Crippen LogP contribution in [0, 0.1) is 24.2 Å². The molecule has 0 spiro atoms. The van der Waals surface area contributed by atoms with Gasteiger partial charge in [-0.05, 0) is 31.0 Å². The van der Waals surface area contributed by atoms with Crippen LogP contribution < -0.4 is 5.32 Å². The molecule has 2 aromatic rings. The van der Waals surface area contributed by atoms with Crippen molar-refractivity contribution >= 4 is 35.0 Å². The number of hydrogen-bond donors (Lipinski definition) is 1. The van der Waals surface area contributed by atoms with Crippen LogP contribution in [-0.4, -0.2) is 30.5 Å². The Labute approximate surface area is 186 Å². The van der Waals surface area contributed by atoms with Crippen molar-refractivity contribution in [2.45, 2.75) is 19.8 Å². The average molecular weight is 434 g/mol. The molecule has 0 aliphatic carbocycles. The molecule has 1 N–H and O–H groups in total. The molecule has 3 rings (SSSR count). The summed E-state index contributed by atoms with van der Waals surface area (Å²) in [6.45, 7) is 3.71. The van der Waals surface area contributed by atoms with Crippen molar-refractivity contribution in [2.24, 2.45) is 10.9 Å². The number of rotatable bonds is 6. The van der Waals surface area contributed by atoms with Gasteiger partial charge in [-0.25, -0.2) is 4.99 Å². The van der Waals surface area contributed by atoms with E-state index < -0.39 is 17.8 Å². The number of hydrogen-bond acceptors (Lipinski definition) is 6. The van der Waals surface area contributed by atoms with Crippen molar-refractivity contribution in [2.75, 3.05) is 18.2 Å². The van der Waals surface area contributed by atoms with Gasteiger partial charge in [-0.1, -0.05) is 60.3 Å². The number of allylic oxidation sites excluding steroid dienone is 1. The molecule has 1 aliphatic heterocycles. The maximum absolute atomic E-state index is 13.4. The highest BCUT2D eigenvalue weighted by Crippen LogP contribution is 2.42. The van der Waals surface area contributed by atoms with E-state index in [4.69, 9.17) is 4.74 Å². The number of nitrogens with zero attached hydrogens (tertiary/aromatic N) is 2. The third-order valence-corrected chi connectivity index (χ3v) is 6.09. The summed E-state index contributed by atoms with van der Waals surface area (Å²) >= 11 is 1.15. The molecule has 1 unspecified atom stereocenters. The number of nitrogens with one attached hydrogen (secondary N) is 1. The number of thioether (sulfide) groups is 1. The lowest BCUT2D eigenvalue weighted by atomic mass is 9.77. The molecule has 0 radical (unpaired) electrons. The number of methoxy groups -OCH3 is 1. The fraction of sp³-hybridized carbons (Fsp3) is 0.250. The van der Waals surface area contributed by atoms with E-state index in [2.05, 4.69) is 16.4 Å². The van der Waals surface area contributed by atoms with Gasteiger partial charge in [0.2, 0.25) is 5.91 Å². The predicted molar refractivity (Wildman–Crippen MR) is 123 cm³/mol. The molecule has 1 heterocycles. The van der Waals surface area contributed by atoms with Crippen molar-refractivity contribution in [3.8, 4) is 6.07 Å². The molecule has 2 aromatic carbocycles. The molecule has 7 heteroatoms. The van der Waals surface area contributed by atoms with Gasteiger partial charge in [0, 0.05) is 17.3 Å². The molecule has 2 atom stereocenters. The summed E-state index contributed by atoms with van der Waals surface area (Å²) in [6, 6.07) is 19.2.